The van der Waals surface area contributed by atoms with Crippen LogP contribution in [0.1, 0.15) is 41.0 Å². The first-order chi connectivity index (χ1) is 23.8. The number of alkyl halides is 1. The molecule has 2 saturated heterocycles. The second kappa shape index (κ2) is 15.6. The first-order valence-corrected chi connectivity index (χ1v) is 17.9. The van der Waals surface area contributed by atoms with Gasteiger partial charge in [-0.3, -0.25) is 23.9 Å². The average molecular weight is 724 g/mol. The van der Waals surface area contributed by atoms with Crippen LogP contribution in [0.2, 0.25) is 0 Å². The minimum Gasteiger partial charge on any atom is -0.456 e. The van der Waals surface area contributed by atoms with Gasteiger partial charge in [-0.15, -0.1) is 0 Å². The lowest BCUT2D eigenvalue weighted by Gasteiger charge is -2.34. The van der Waals surface area contributed by atoms with E-state index in [9.17, 15) is 18.9 Å². The van der Waals surface area contributed by atoms with E-state index in [1.165, 1.54) is 30.4 Å². The third kappa shape index (κ3) is 8.18. The molecule has 4 aliphatic rings. The van der Waals surface area contributed by atoms with Crippen molar-refractivity contribution >= 4 is 37.8 Å². The quantitative estimate of drug-likeness (QED) is 0.152. The van der Waals surface area contributed by atoms with Crippen molar-refractivity contribution in [3.05, 3.63) is 42.1 Å². The number of hydrogen-bond acceptors (Lipinski definition) is 15. The molecule has 0 aliphatic carbocycles. The van der Waals surface area contributed by atoms with Gasteiger partial charge in [-0.2, -0.15) is 10.2 Å². The number of amidine groups is 1. The Labute approximate surface area is 289 Å². The van der Waals surface area contributed by atoms with Gasteiger partial charge >= 0.3 is 25.7 Å². The van der Waals surface area contributed by atoms with Crippen LogP contribution < -0.4 is 15.3 Å². The molecule has 0 saturated carbocycles. The Morgan fingerprint density at radius 2 is 1.74 bits per heavy atom. The van der Waals surface area contributed by atoms with Gasteiger partial charge in [-0.1, -0.05) is 52.0 Å². The fourth-order valence-corrected chi connectivity index (χ4v) is 7.02. The number of hydrazone groups is 1. The Bertz CT molecular complexity index is 1560. The Morgan fingerprint density at radius 3 is 2.36 bits per heavy atom. The standard InChI is InChI=1S/C32H43FN5O11P/c1-18(2)29(39)46-26-25(23-11-12-24-28(34)35-17-36-38(23)24)48-32(15-33,27(26)47-30(40)19(3)4)16-44-50(42,49-21-9-7-6-8-10-21)37-20(5)31(41)45-22-13-43-14-22/h6-10,12,17-20,22-23,25-27H,11,13-16H2,1-5H3,(H,37,42)(H2,34,35,36)/t20-,23?,25-,26-,27-,32+,50-/m0/s1. The highest BCUT2D eigenvalue weighted by molar-refractivity contribution is 7.52. The van der Waals surface area contributed by atoms with E-state index in [1.54, 1.807) is 52.0 Å². The van der Waals surface area contributed by atoms with Gasteiger partial charge in [-0.05, 0) is 25.5 Å². The zero-order valence-corrected chi connectivity index (χ0v) is 29.3. The van der Waals surface area contributed by atoms with Crippen LogP contribution in [0, 0.1) is 11.8 Å². The zero-order valence-electron chi connectivity index (χ0n) is 28.4. The van der Waals surface area contributed by atoms with Gasteiger partial charge < -0.3 is 33.9 Å². The summed E-state index contributed by atoms with van der Waals surface area (Å²) in [5.74, 6) is -3.15. The smallest absolute Gasteiger partial charge is 0.456 e. The molecule has 0 bridgehead atoms. The third-order valence-corrected chi connectivity index (χ3v) is 9.97. The third-order valence-electron chi connectivity index (χ3n) is 8.35. The number of nitrogens with zero attached hydrogens (tertiary/aromatic N) is 3. The number of esters is 3. The van der Waals surface area contributed by atoms with Crippen LogP contribution in [0.25, 0.3) is 0 Å². The lowest BCUT2D eigenvalue weighted by Crippen LogP contribution is -2.53. The fraction of sp³-hybridized carbons (Fsp3) is 0.594. The fourth-order valence-electron chi connectivity index (χ4n) is 5.47. The van der Waals surface area contributed by atoms with Crippen molar-refractivity contribution in [1.29, 1.82) is 0 Å². The number of hydrogen-bond donors (Lipinski definition) is 2. The van der Waals surface area contributed by atoms with E-state index in [1.807, 2.05) is 0 Å². The largest absolute Gasteiger partial charge is 0.459 e. The van der Waals surface area contributed by atoms with Crippen LogP contribution in [0.15, 0.2) is 52.2 Å². The lowest BCUT2D eigenvalue weighted by molar-refractivity contribution is -0.179. The number of halogens is 1. The maximum Gasteiger partial charge on any atom is 0.459 e. The number of para-hydroxylation sites is 1. The molecule has 4 heterocycles. The van der Waals surface area contributed by atoms with E-state index in [-0.39, 0.29) is 31.2 Å². The van der Waals surface area contributed by atoms with Crippen molar-refractivity contribution in [2.24, 2.45) is 27.7 Å². The molecule has 4 aliphatic heterocycles. The molecule has 1 aromatic carbocycles. The number of nitrogens with two attached hydrogens (primary N) is 1. The molecule has 0 amide bonds. The maximum atomic E-state index is 15.7. The van der Waals surface area contributed by atoms with Crippen LogP contribution >= 0.6 is 7.75 Å². The lowest BCUT2D eigenvalue weighted by atomic mass is 9.93. The normalized spacial score (nSPS) is 27.9. The Kier molecular flexibility index (Phi) is 11.6. The van der Waals surface area contributed by atoms with E-state index in [2.05, 4.69) is 15.2 Å². The van der Waals surface area contributed by atoms with Crippen LogP contribution in [-0.4, -0.2) is 104 Å². The molecule has 18 heteroatoms. The Morgan fingerprint density at radius 1 is 1.06 bits per heavy atom. The highest BCUT2D eigenvalue weighted by atomic mass is 31.2. The van der Waals surface area contributed by atoms with E-state index < -0.39 is 92.9 Å². The van der Waals surface area contributed by atoms with Crippen molar-refractivity contribution < 1.29 is 56.1 Å². The molecule has 2 fully saturated rings. The zero-order chi connectivity index (χ0) is 36.2. The van der Waals surface area contributed by atoms with Gasteiger partial charge in [0.05, 0.1) is 43.4 Å². The predicted octanol–water partition coefficient (Wildman–Crippen LogP) is 2.63. The number of carbonyl (C=O) groups is 3. The molecule has 0 spiro atoms. The Balaban J connectivity index is 1.49. The minimum atomic E-state index is -4.57. The molecule has 0 radical (unpaired) electrons. The summed E-state index contributed by atoms with van der Waals surface area (Å²) in [5.41, 5.74) is 4.36. The molecule has 274 valence electrons. The van der Waals surface area contributed by atoms with E-state index in [4.69, 9.17) is 38.5 Å². The minimum absolute atomic E-state index is 0.106. The number of carbonyl (C=O) groups excluding carboxylic acids is 3. The monoisotopic (exact) mass is 723 g/mol. The highest BCUT2D eigenvalue weighted by Gasteiger charge is 2.63. The number of aliphatic imine (C=N–C) groups is 1. The molecule has 0 aromatic heterocycles. The summed E-state index contributed by atoms with van der Waals surface area (Å²) < 4.78 is 70.4. The number of fused-ring (bicyclic) bond motifs is 1. The van der Waals surface area contributed by atoms with Crippen molar-refractivity contribution in [3.8, 4) is 5.75 Å². The summed E-state index contributed by atoms with van der Waals surface area (Å²) in [6, 6.07) is 6.04. The molecule has 1 aromatic rings. The Hall–Kier alpha value is -3.89. The van der Waals surface area contributed by atoms with Crippen molar-refractivity contribution in [1.82, 2.24) is 10.1 Å². The van der Waals surface area contributed by atoms with Gasteiger partial charge in [0.2, 0.25) is 0 Å². The topological polar surface area (TPSA) is 199 Å². The molecular weight excluding hydrogens is 680 g/mol. The summed E-state index contributed by atoms with van der Waals surface area (Å²) in [6.07, 6.45) is -1.33. The summed E-state index contributed by atoms with van der Waals surface area (Å²) in [7, 11) is -4.57. The maximum absolute atomic E-state index is 15.7. The summed E-state index contributed by atoms with van der Waals surface area (Å²) in [5, 5.41) is 8.39. The summed E-state index contributed by atoms with van der Waals surface area (Å²) in [4.78, 5) is 43.1. The predicted molar refractivity (Wildman–Crippen MR) is 175 cm³/mol. The molecule has 16 nitrogen and oxygen atoms in total. The second-order valence-electron chi connectivity index (χ2n) is 13.0. The number of nitrogens with one attached hydrogen (secondary N) is 1. The van der Waals surface area contributed by atoms with Crippen LogP contribution in [0.5, 0.6) is 5.75 Å². The van der Waals surface area contributed by atoms with E-state index >= 15 is 4.39 Å². The first kappa shape index (κ1) is 37.4. The molecule has 50 heavy (non-hydrogen) atoms. The van der Waals surface area contributed by atoms with Crippen LogP contribution in [-0.2, 0) is 47.2 Å². The van der Waals surface area contributed by atoms with Crippen LogP contribution in [0.4, 0.5) is 4.39 Å². The molecular formula is C32H43FN5O11P. The number of benzene rings is 1. The van der Waals surface area contributed by atoms with Crippen molar-refractivity contribution in [2.75, 3.05) is 26.5 Å². The van der Waals surface area contributed by atoms with Gasteiger partial charge in [-0.25, -0.2) is 13.9 Å². The van der Waals surface area contributed by atoms with Gasteiger partial charge in [0.1, 0.15) is 37.0 Å². The summed E-state index contributed by atoms with van der Waals surface area (Å²) in [6.45, 7) is 6.04. The second-order valence-corrected chi connectivity index (χ2v) is 14.6. The number of ether oxygens (including phenoxy) is 5. The molecule has 1 unspecified atom stereocenters. The van der Waals surface area contributed by atoms with Crippen molar-refractivity contribution in [2.45, 2.75) is 83.1 Å². The number of rotatable bonds is 15. The van der Waals surface area contributed by atoms with Crippen molar-refractivity contribution in [3.63, 3.8) is 0 Å². The van der Waals surface area contributed by atoms with Gasteiger partial charge in [0, 0.05) is 0 Å². The first-order valence-electron chi connectivity index (χ1n) is 16.3. The highest BCUT2D eigenvalue weighted by Crippen LogP contribution is 2.49. The van der Waals surface area contributed by atoms with E-state index in [0.717, 1.165) is 0 Å². The average Bonchev–Trinajstić information content (AvgIpc) is 3.62. The van der Waals surface area contributed by atoms with E-state index in [0.29, 0.717) is 5.70 Å². The molecule has 7 atom stereocenters. The van der Waals surface area contributed by atoms with Crippen LogP contribution in [0.3, 0.4) is 0 Å². The molecule has 5 rings (SSSR count). The van der Waals surface area contributed by atoms with Gasteiger partial charge in [0.25, 0.3) is 0 Å². The summed E-state index contributed by atoms with van der Waals surface area (Å²) >= 11 is 0. The van der Waals surface area contributed by atoms with Gasteiger partial charge in [0.15, 0.2) is 23.6 Å². The molecule has 3 N–H and O–H groups in total. The SMILES string of the molecule is CC(C)C(=O)O[C@H]1[C@H](C2CC=C3C(N)=NC=NN32)O[C@](CF)(CO[P@@](=O)(N[C@@H](C)C(=O)OC2COC2)Oc2ccccc2)[C@H]1OC(=O)C(C)C.